The molecule has 1 aliphatic heterocycles. The van der Waals surface area contributed by atoms with Crippen LogP contribution >= 0.6 is 0 Å². The van der Waals surface area contributed by atoms with Crippen molar-refractivity contribution in [1.82, 2.24) is 4.90 Å². The molecule has 0 aromatic heterocycles. The first kappa shape index (κ1) is 24.3. The van der Waals surface area contributed by atoms with Crippen LogP contribution in [0, 0.1) is 0 Å². The second-order valence-corrected chi connectivity index (χ2v) is 9.43. The first-order chi connectivity index (χ1) is 16.7. The maximum atomic E-state index is 12.7. The number of oxime groups is 1. The van der Waals surface area contributed by atoms with Gasteiger partial charge in [-0.1, -0.05) is 42.1 Å². The first-order valence-electron chi connectivity index (χ1n) is 11.5. The molecule has 1 fully saturated rings. The van der Waals surface area contributed by atoms with Crippen LogP contribution in [-0.2, 0) is 19.1 Å². The van der Waals surface area contributed by atoms with E-state index in [4.69, 9.17) is 19.0 Å². The SMILES string of the molecule is C=CCOc1ccc2c(c1)C(=NO[C@@H]1C[C@@H](C(=O)OC)N(C(=O)OC(C)(C)C)C1)c1ccccc1-2. The Bertz CT molecular complexity index is 1170. The van der Waals surface area contributed by atoms with Gasteiger partial charge in [0.2, 0.25) is 0 Å². The molecule has 1 amide bonds. The molecule has 0 saturated carbocycles. The molecule has 2 atom stereocenters. The molecule has 0 unspecified atom stereocenters. The molecule has 8 heteroatoms. The van der Waals surface area contributed by atoms with Crippen molar-refractivity contribution in [2.75, 3.05) is 20.3 Å². The van der Waals surface area contributed by atoms with E-state index in [1.165, 1.54) is 12.0 Å². The third-order valence-corrected chi connectivity index (χ3v) is 5.74. The Hall–Kier alpha value is -3.81. The highest BCUT2D eigenvalue weighted by molar-refractivity contribution is 6.24. The molecular formula is C27H30N2O6. The quantitative estimate of drug-likeness (QED) is 0.293. The minimum absolute atomic E-state index is 0.155. The lowest BCUT2D eigenvalue weighted by atomic mass is 10.1. The van der Waals surface area contributed by atoms with Gasteiger partial charge in [-0.15, -0.1) is 0 Å². The molecule has 0 radical (unpaired) electrons. The van der Waals surface area contributed by atoms with E-state index in [-0.39, 0.29) is 13.0 Å². The van der Waals surface area contributed by atoms with Gasteiger partial charge in [0, 0.05) is 17.5 Å². The highest BCUT2D eigenvalue weighted by Crippen LogP contribution is 2.39. The van der Waals surface area contributed by atoms with Gasteiger partial charge in [0.25, 0.3) is 0 Å². The average Bonchev–Trinajstić information content (AvgIpc) is 3.39. The van der Waals surface area contributed by atoms with Crippen LogP contribution in [0.15, 0.2) is 60.3 Å². The van der Waals surface area contributed by atoms with Crippen molar-refractivity contribution in [3.8, 4) is 16.9 Å². The van der Waals surface area contributed by atoms with Crippen molar-refractivity contribution in [2.24, 2.45) is 5.16 Å². The zero-order valence-electron chi connectivity index (χ0n) is 20.4. The smallest absolute Gasteiger partial charge is 0.411 e. The van der Waals surface area contributed by atoms with Crippen molar-refractivity contribution in [3.05, 3.63) is 66.2 Å². The Labute approximate surface area is 205 Å². The highest BCUT2D eigenvalue weighted by atomic mass is 16.6. The molecule has 2 aromatic rings. The van der Waals surface area contributed by atoms with Crippen LogP contribution < -0.4 is 4.74 Å². The van der Waals surface area contributed by atoms with E-state index in [2.05, 4.69) is 11.7 Å². The van der Waals surface area contributed by atoms with E-state index >= 15 is 0 Å². The third kappa shape index (κ3) is 5.16. The average molecular weight is 479 g/mol. The summed E-state index contributed by atoms with van der Waals surface area (Å²) in [4.78, 5) is 32.4. The van der Waals surface area contributed by atoms with Crippen LogP contribution in [0.3, 0.4) is 0 Å². The van der Waals surface area contributed by atoms with E-state index in [0.717, 1.165) is 22.3 Å². The molecule has 2 aromatic carbocycles. The predicted octanol–water partition coefficient (Wildman–Crippen LogP) is 4.55. The van der Waals surface area contributed by atoms with Gasteiger partial charge in [0.1, 0.15) is 35.8 Å². The highest BCUT2D eigenvalue weighted by Gasteiger charge is 2.43. The lowest BCUT2D eigenvalue weighted by molar-refractivity contribution is -0.145. The molecule has 1 heterocycles. The van der Waals surface area contributed by atoms with Crippen molar-refractivity contribution in [2.45, 2.75) is 44.9 Å². The maximum absolute atomic E-state index is 12.7. The number of benzene rings is 2. The molecule has 1 aliphatic carbocycles. The minimum Gasteiger partial charge on any atom is -0.490 e. The number of rotatable bonds is 6. The Morgan fingerprint density at radius 2 is 1.83 bits per heavy atom. The monoisotopic (exact) mass is 478 g/mol. The van der Waals surface area contributed by atoms with Crippen LogP contribution in [0.4, 0.5) is 4.79 Å². The number of esters is 1. The van der Waals surface area contributed by atoms with Crippen LogP contribution in [-0.4, -0.2) is 60.7 Å². The minimum atomic E-state index is -0.804. The van der Waals surface area contributed by atoms with Crippen LogP contribution in [0.2, 0.25) is 0 Å². The number of hydrogen-bond donors (Lipinski definition) is 0. The summed E-state index contributed by atoms with van der Waals surface area (Å²) in [5.41, 5.74) is 3.89. The fraction of sp³-hybridized carbons (Fsp3) is 0.370. The van der Waals surface area contributed by atoms with Gasteiger partial charge in [0.15, 0.2) is 0 Å². The molecule has 35 heavy (non-hydrogen) atoms. The standard InChI is InChI=1S/C27H30N2O6/c1-6-13-33-17-11-12-20-19-9-7-8-10-21(19)24(22(20)14-17)28-35-18-15-23(25(30)32-5)29(16-18)26(31)34-27(2,3)4/h6-12,14,18,23H,1,13,15-16H2,2-5H3/t18-,23+/m1/s1. The molecule has 2 aliphatic rings. The summed E-state index contributed by atoms with van der Waals surface area (Å²) < 4.78 is 16.1. The van der Waals surface area contributed by atoms with E-state index in [1.807, 2.05) is 42.5 Å². The lowest BCUT2D eigenvalue weighted by Crippen LogP contribution is -2.44. The molecule has 1 saturated heterocycles. The van der Waals surface area contributed by atoms with Gasteiger partial charge in [0.05, 0.1) is 13.7 Å². The number of amides is 1. The topological polar surface area (TPSA) is 86.7 Å². The fourth-order valence-corrected chi connectivity index (χ4v) is 4.25. The summed E-state index contributed by atoms with van der Waals surface area (Å²) in [6.07, 6.45) is 0.844. The van der Waals surface area contributed by atoms with E-state index in [1.54, 1.807) is 26.8 Å². The Morgan fingerprint density at radius 3 is 2.51 bits per heavy atom. The Kier molecular flexibility index (Phi) is 6.82. The summed E-state index contributed by atoms with van der Waals surface area (Å²) in [6, 6.07) is 13.0. The molecule has 8 nitrogen and oxygen atoms in total. The number of likely N-dealkylation sites (tertiary alicyclic amines) is 1. The maximum Gasteiger partial charge on any atom is 0.411 e. The van der Waals surface area contributed by atoms with Crippen molar-refractivity contribution < 1.29 is 28.6 Å². The van der Waals surface area contributed by atoms with Gasteiger partial charge in [-0.2, -0.15) is 0 Å². The van der Waals surface area contributed by atoms with Gasteiger partial charge in [-0.05, 0) is 50.1 Å². The van der Waals surface area contributed by atoms with Gasteiger partial charge in [-0.25, -0.2) is 9.59 Å². The number of methoxy groups -OCH3 is 1. The molecule has 0 N–H and O–H groups in total. The zero-order valence-corrected chi connectivity index (χ0v) is 20.4. The van der Waals surface area contributed by atoms with Crippen LogP contribution in [0.1, 0.15) is 38.3 Å². The number of fused-ring (bicyclic) bond motifs is 3. The summed E-state index contributed by atoms with van der Waals surface area (Å²) in [6.45, 7) is 9.57. The Balaban J connectivity index is 1.60. The van der Waals surface area contributed by atoms with Crippen LogP contribution in [0.25, 0.3) is 11.1 Å². The number of hydrogen-bond acceptors (Lipinski definition) is 7. The number of carbonyl (C=O) groups excluding carboxylic acids is 2. The number of ether oxygens (including phenoxy) is 3. The van der Waals surface area contributed by atoms with E-state index in [0.29, 0.717) is 18.1 Å². The summed E-state index contributed by atoms with van der Waals surface area (Å²) in [5, 5.41) is 4.51. The van der Waals surface area contributed by atoms with Crippen LogP contribution in [0.5, 0.6) is 5.75 Å². The molecule has 0 spiro atoms. The molecule has 4 rings (SSSR count). The largest absolute Gasteiger partial charge is 0.490 e. The lowest BCUT2D eigenvalue weighted by Gasteiger charge is -2.27. The fourth-order valence-electron chi connectivity index (χ4n) is 4.25. The molecule has 0 bridgehead atoms. The third-order valence-electron chi connectivity index (χ3n) is 5.74. The first-order valence-corrected chi connectivity index (χ1v) is 11.5. The van der Waals surface area contributed by atoms with Crippen molar-refractivity contribution in [3.63, 3.8) is 0 Å². The number of nitrogens with zero attached hydrogens (tertiary/aromatic N) is 2. The predicted molar refractivity (Wildman–Crippen MR) is 131 cm³/mol. The zero-order chi connectivity index (χ0) is 25.2. The van der Waals surface area contributed by atoms with Gasteiger partial charge in [-0.3, -0.25) is 4.90 Å². The van der Waals surface area contributed by atoms with E-state index < -0.39 is 29.8 Å². The van der Waals surface area contributed by atoms with Crippen molar-refractivity contribution >= 4 is 17.8 Å². The summed E-state index contributed by atoms with van der Waals surface area (Å²) in [7, 11) is 1.29. The van der Waals surface area contributed by atoms with Crippen molar-refractivity contribution in [1.29, 1.82) is 0 Å². The normalized spacial score (nSPS) is 19.7. The Morgan fingerprint density at radius 1 is 1.11 bits per heavy atom. The van der Waals surface area contributed by atoms with E-state index in [9.17, 15) is 9.59 Å². The van der Waals surface area contributed by atoms with Gasteiger partial charge < -0.3 is 19.0 Å². The van der Waals surface area contributed by atoms with Gasteiger partial charge >= 0.3 is 12.1 Å². The second kappa shape index (κ2) is 9.82. The molecular weight excluding hydrogens is 448 g/mol. The second-order valence-electron chi connectivity index (χ2n) is 9.43. The summed E-state index contributed by atoms with van der Waals surface area (Å²) >= 11 is 0. The molecule has 184 valence electrons. The summed E-state index contributed by atoms with van der Waals surface area (Å²) in [5.74, 6) is 0.182. The number of carbonyl (C=O) groups is 2.